The quantitative estimate of drug-likeness (QED) is 0.924. The normalized spacial score (nSPS) is 18.9. The van der Waals surface area contributed by atoms with Crippen LogP contribution in [0.4, 0.5) is 5.69 Å². The summed E-state index contributed by atoms with van der Waals surface area (Å²) in [5.41, 5.74) is 2.38. The van der Waals surface area contributed by atoms with E-state index < -0.39 is 0 Å². The molecule has 1 aliphatic rings. The van der Waals surface area contributed by atoms with Crippen LogP contribution in [-0.2, 0) is 0 Å². The van der Waals surface area contributed by atoms with Gasteiger partial charge in [0.1, 0.15) is 0 Å². The zero-order valence-corrected chi connectivity index (χ0v) is 12.3. The summed E-state index contributed by atoms with van der Waals surface area (Å²) in [5.74, 6) is 0. The first-order valence-corrected chi connectivity index (χ1v) is 7.59. The van der Waals surface area contributed by atoms with Crippen LogP contribution in [-0.4, -0.2) is 30.2 Å². The molecule has 2 heterocycles. The first-order valence-electron chi connectivity index (χ1n) is 7.59. The highest BCUT2D eigenvalue weighted by Crippen LogP contribution is 2.27. The average Bonchev–Trinajstić information content (AvgIpc) is 2.97. The topological polar surface area (TPSA) is 28.2 Å². The number of pyridine rings is 1. The molecule has 1 aliphatic heterocycles. The number of nitrogens with zero attached hydrogens (tertiary/aromatic N) is 2. The lowest BCUT2D eigenvalue weighted by molar-refractivity contribution is 0.554. The minimum atomic E-state index is 0.489. The van der Waals surface area contributed by atoms with E-state index in [1.165, 1.54) is 23.9 Å². The van der Waals surface area contributed by atoms with Crippen LogP contribution in [0.5, 0.6) is 0 Å². The molecule has 2 aromatic rings. The van der Waals surface area contributed by atoms with Gasteiger partial charge in [0.2, 0.25) is 0 Å². The Balaban J connectivity index is 1.96. The van der Waals surface area contributed by atoms with Crippen LogP contribution in [0.25, 0.3) is 10.9 Å². The zero-order valence-electron chi connectivity index (χ0n) is 12.3. The van der Waals surface area contributed by atoms with Crippen molar-refractivity contribution in [3.8, 4) is 0 Å². The molecule has 1 fully saturated rings. The first kappa shape index (κ1) is 13.4. The van der Waals surface area contributed by atoms with Gasteiger partial charge in [0.25, 0.3) is 0 Å². The van der Waals surface area contributed by atoms with Gasteiger partial charge in [-0.05, 0) is 45.4 Å². The van der Waals surface area contributed by atoms with Crippen molar-refractivity contribution < 1.29 is 0 Å². The molecule has 1 aromatic carbocycles. The van der Waals surface area contributed by atoms with Crippen LogP contribution >= 0.6 is 0 Å². The Bertz CT molecular complexity index is 568. The molecule has 1 aromatic heterocycles. The zero-order chi connectivity index (χ0) is 13.9. The van der Waals surface area contributed by atoms with Crippen molar-refractivity contribution in [2.45, 2.75) is 38.8 Å². The maximum Gasteiger partial charge on any atom is 0.0722 e. The molecule has 20 heavy (non-hydrogen) atoms. The minimum absolute atomic E-state index is 0.489. The van der Waals surface area contributed by atoms with Gasteiger partial charge in [-0.15, -0.1) is 0 Å². The number of hydrogen-bond acceptors (Lipinski definition) is 3. The Hall–Kier alpha value is -1.61. The van der Waals surface area contributed by atoms with Crippen LogP contribution < -0.4 is 10.2 Å². The van der Waals surface area contributed by atoms with Crippen molar-refractivity contribution in [1.29, 1.82) is 0 Å². The number of para-hydroxylation sites is 1. The fourth-order valence-corrected chi connectivity index (χ4v) is 3.07. The molecule has 106 valence electrons. The van der Waals surface area contributed by atoms with Gasteiger partial charge in [0, 0.05) is 35.9 Å². The van der Waals surface area contributed by atoms with Crippen molar-refractivity contribution in [3.63, 3.8) is 0 Å². The van der Waals surface area contributed by atoms with Gasteiger partial charge in [0.15, 0.2) is 0 Å². The number of benzene rings is 1. The van der Waals surface area contributed by atoms with E-state index in [1.54, 1.807) is 0 Å². The third kappa shape index (κ3) is 2.63. The fourth-order valence-electron chi connectivity index (χ4n) is 3.07. The molecular formula is C17H23N3. The minimum Gasteiger partial charge on any atom is -0.367 e. The predicted molar refractivity (Wildman–Crippen MR) is 85.2 cm³/mol. The molecule has 1 unspecified atom stereocenters. The van der Waals surface area contributed by atoms with Gasteiger partial charge in [-0.1, -0.05) is 18.2 Å². The Morgan fingerprint density at radius 1 is 1.30 bits per heavy atom. The second-order valence-electron chi connectivity index (χ2n) is 5.89. The molecule has 0 aliphatic carbocycles. The van der Waals surface area contributed by atoms with Gasteiger partial charge < -0.3 is 10.2 Å². The molecular weight excluding hydrogens is 246 g/mol. The number of aromatic nitrogens is 1. The van der Waals surface area contributed by atoms with Crippen LogP contribution in [0.2, 0.25) is 0 Å². The Kier molecular flexibility index (Phi) is 3.88. The van der Waals surface area contributed by atoms with E-state index in [2.05, 4.69) is 59.4 Å². The molecule has 0 amide bonds. The molecule has 1 saturated heterocycles. The summed E-state index contributed by atoms with van der Waals surface area (Å²) in [6.45, 7) is 6.77. The number of hydrogen-bond donors (Lipinski definition) is 1. The smallest absolute Gasteiger partial charge is 0.0722 e. The van der Waals surface area contributed by atoms with Gasteiger partial charge in [-0.2, -0.15) is 0 Å². The fraction of sp³-hybridized carbons (Fsp3) is 0.471. The SMILES string of the molecule is CC(C)N(CC1CCCN1)c1ccnc2ccccc12. The largest absolute Gasteiger partial charge is 0.367 e. The summed E-state index contributed by atoms with van der Waals surface area (Å²) >= 11 is 0. The van der Waals surface area contributed by atoms with Crippen molar-refractivity contribution in [2.75, 3.05) is 18.0 Å². The van der Waals surface area contributed by atoms with Gasteiger partial charge in [0.05, 0.1) is 5.52 Å². The Morgan fingerprint density at radius 3 is 2.90 bits per heavy atom. The van der Waals surface area contributed by atoms with Crippen molar-refractivity contribution in [3.05, 3.63) is 36.5 Å². The molecule has 3 rings (SSSR count). The summed E-state index contributed by atoms with van der Waals surface area (Å²) in [4.78, 5) is 6.98. The summed E-state index contributed by atoms with van der Waals surface area (Å²) in [6.07, 6.45) is 4.51. The van der Waals surface area contributed by atoms with Crippen molar-refractivity contribution >= 4 is 16.6 Å². The second-order valence-corrected chi connectivity index (χ2v) is 5.89. The van der Waals surface area contributed by atoms with E-state index in [1.807, 2.05) is 6.20 Å². The van der Waals surface area contributed by atoms with Gasteiger partial charge >= 0.3 is 0 Å². The highest BCUT2D eigenvalue weighted by atomic mass is 15.2. The van der Waals surface area contributed by atoms with Crippen LogP contribution in [0.3, 0.4) is 0 Å². The third-order valence-corrected chi connectivity index (χ3v) is 4.14. The summed E-state index contributed by atoms with van der Waals surface area (Å²) in [6, 6.07) is 11.7. The van der Waals surface area contributed by atoms with Crippen molar-refractivity contribution in [2.24, 2.45) is 0 Å². The van der Waals surface area contributed by atoms with E-state index >= 15 is 0 Å². The van der Waals surface area contributed by atoms with Crippen molar-refractivity contribution in [1.82, 2.24) is 10.3 Å². The van der Waals surface area contributed by atoms with E-state index in [9.17, 15) is 0 Å². The van der Waals surface area contributed by atoms with Gasteiger partial charge in [-0.25, -0.2) is 0 Å². The molecule has 1 N–H and O–H groups in total. The van der Waals surface area contributed by atoms with E-state index in [-0.39, 0.29) is 0 Å². The molecule has 0 bridgehead atoms. The lowest BCUT2D eigenvalue weighted by Crippen LogP contribution is -2.41. The summed E-state index contributed by atoms with van der Waals surface area (Å²) in [7, 11) is 0. The highest BCUT2D eigenvalue weighted by molar-refractivity contribution is 5.91. The lowest BCUT2D eigenvalue weighted by Gasteiger charge is -2.32. The molecule has 0 spiro atoms. The molecule has 3 heteroatoms. The number of nitrogens with one attached hydrogen (secondary N) is 1. The molecule has 0 saturated carbocycles. The predicted octanol–water partition coefficient (Wildman–Crippen LogP) is 3.20. The Morgan fingerprint density at radius 2 is 2.15 bits per heavy atom. The highest BCUT2D eigenvalue weighted by Gasteiger charge is 2.21. The summed E-state index contributed by atoms with van der Waals surface area (Å²) < 4.78 is 0. The van der Waals surface area contributed by atoms with E-state index in [0.717, 1.165) is 18.6 Å². The molecule has 1 atom stereocenters. The van der Waals surface area contributed by atoms with Crippen LogP contribution in [0.1, 0.15) is 26.7 Å². The number of fused-ring (bicyclic) bond motifs is 1. The van der Waals surface area contributed by atoms with E-state index in [4.69, 9.17) is 0 Å². The average molecular weight is 269 g/mol. The standard InChI is InChI=1S/C17H23N3/c1-13(2)20(12-14-6-5-10-18-14)17-9-11-19-16-8-4-3-7-15(16)17/h3-4,7-9,11,13-14,18H,5-6,10,12H2,1-2H3. The van der Waals surface area contributed by atoms with Crippen LogP contribution in [0, 0.1) is 0 Å². The van der Waals surface area contributed by atoms with Gasteiger partial charge in [-0.3, -0.25) is 4.98 Å². The second kappa shape index (κ2) is 5.80. The monoisotopic (exact) mass is 269 g/mol. The molecule has 3 nitrogen and oxygen atoms in total. The lowest BCUT2D eigenvalue weighted by atomic mass is 10.1. The van der Waals surface area contributed by atoms with Crippen LogP contribution in [0.15, 0.2) is 36.5 Å². The maximum absolute atomic E-state index is 4.47. The summed E-state index contributed by atoms with van der Waals surface area (Å²) in [5, 5.41) is 4.85. The number of anilines is 1. The number of rotatable bonds is 4. The Labute approximate surface area is 121 Å². The maximum atomic E-state index is 4.47. The van der Waals surface area contributed by atoms with E-state index in [0.29, 0.717) is 12.1 Å². The molecule has 0 radical (unpaired) electrons. The first-order chi connectivity index (χ1) is 9.75. The third-order valence-electron chi connectivity index (χ3n) is 4.14.